The first kappa shape index (κ1) is 25.2. The summed E-state index contributed by atoms with van der Waals surface area (Å²) >= 11 is 0. The second kappa shape index (κ2) is 11.2. The summed E-state index contributed by atoms with van der Waals surface area (Å²) in [6.07, 6.45) is 9.49. The van der Waals surface area contributed by atoms with Crippen LogP contribution in [0.3, 0.4) is 0 Å². The van der Waals surface area contributed by atoms with Gasteiger partial charge in [0, 0.05) is 61.6 Å². The minimum absolute atomic E-state index is 0.0647. The molecular formula is C26H30N6O4. The van der Waals surface area contributed by atoms with Crippen LogP contribution in [0.1, 0.15) is 29.8 Å². The maximum atomic E-state index is 13.6. The summed E-state index contributed by atoms with van der Waals surface area (Å²) in [4.78, 5) is 46.3. The van der Waals surface area contributed by atoms with E-state index < -0.39 is 12.1 Å². The Hall–Kier alpha value is -3.92. The van der Waals surface area contributed by atoms with E-state index in [1.54, 1.807) is 66.9 Å². The number of nitrogens with zero attached hydrogens (tertiary/aromatic N) is 6. The standard InChI is InChI=1S/C26H30N6O4/c1-17-13-32(18(2)15-33)26(35)22-8-20(21-10-28-16-29-11-21)12-30-25(22)36-23(17)14-31(3)24(34)7-19-5-4-6-27-9-19/h4-6,8-12,16-18,23,33H,7,13-15H2,1-3H3/t17-,18-,23-/m1/s1. The molecule has 3 aromatic rings. The van der Waals surface area contributed by atoms with Crippen LogP contribution in [0.4, 0.5) is 0 Å². The molecule has 0 saturated carbocycles. The number of pyridine rings is 2. The lowest BCUT2D eigenvalue weighted by molar-refractivity contribution is -0.130. The molecule has 0 fully saturated rings. The summed E-state index contributed by atoms with van der Waals surface area (Å²) in [6, 6.07) is 4.98. The number of hydrogen-bond acceptors (Lipinski definition) is 8. The Morgan fingerprint density at radius 2 is 2.00 bits per heavy atom. The van der Waals surface area contributed by atoms with Crippen LogP contribution < -0.4 is 4.74 Å². The number of carbonyl (C=O) groups excluding carboxylic acids is 2. The van der Waals surface area contributed by atoms with E-state index in [1.807, 2.05) is 13.0 Å². The summed E-state index contributed by atoms with van der Waals surface area (Å²) in [5, 5.41) is 9.84. The monoisotopic (exact) mass is 490 g/mol. The van der Waals surface area contributed by atoms with Crippen molar-refractivity contribution in [3.63, 3.8) is 0 Å². The first-order valence-electron chi connectivity index (χ1n) is 11.8. The van der Waals surface area contributed by atoms with Gasteiger partial charge in [0.1, 0.15) is 18.0 Å². The first-order chi connectivity index (χ1) is 17.4. The number of aliphatic hydroxyl groups is 1. The number of carbonyl (C=O) groups is 2. The minimum Gasteiger partial charge on any atom is -0.472 e. The van der Waals surface area contributed by atoms with Crippen LogP contribution in [0.2, 0.25) is 0 Å². The number of hydrogen-bond donors (Lipinski definition) is 1. The van der Waals surface area contributed by atoms with E-state index >= 15 is 0 Å². The molecule has 1 N–H and O–H groups in total. The molecule has 3 aromatic heterocycles. The zero-order chi connectivity index (χ0) is 25.7. The molecule has 10 heteroatoms. The summed E-state index contributed by atoms with van der Waals surface area (Å²) in [7, 11) is 1.74. The fraction of sp³-hybridized carbons (Fsp3) is 0.385. The lowest BCUT2D eigenvalue weighted by atomic mass is 9.99. The van der Waals surface area contributed by atoms with Gasteiger partial charge in [-0.3, -0.25) is 14.6 Å². The Bertz CT molecular complexity index is 1190. The van der Waals surface area contributed by atoms with E-state index in [0.29, 0.717) is 18.7 Å². The Morgan fingerprint density at radius 1 is 1.22 bits per heavy atom. The second-order valence-corrected chi connectivity index (χ2v) is 9.14. The van der Waals surface area contributed by atoms with E-state index in [1.165, 1.54) is 6.33 Å². The third-order valence-electron chi connectivity index (χ3n) is 6.37. The van der Waals surface area contributed by atoms with E-state index in [0.717, 1.165) is 11.1 Å². The molecule has 0 aliphatic carbocycles. The number of likely N-dealkylation sites (N-methyl/N-ethyl adjacent to an activating group) is 1. The lowest BCUT2D eigenvalue weighted by Crippen LogP contribution is -2.50. The average Bonchev–Trinajstić information content (AvgIpc) is 2.91. The van der Waals surface area contributed by atoms with Crippen molar-refractivity contribution >= 4 is 11.8 Å². The van der Waals surface area contributed by atoms with E-state index in [-0.39, 0.29) is 42.2 Å². The molecule has 0 bridgehead atoms. The maximum Gasteiger partial charge on any atom is 0.259 e. The summed E-state index contributed by atoms with van der Waals surface area (Å²) in [6.45, 7) is 4.25. The second-order valence-electron chi connectivity index (χ2n) is 9.14. The molecular weight excluding hydrogens is 460 g/mol. The van der Waals surface area contributed by atoms with Gasteiger partial charge in [-0.2, -0.15) is 0 Å². The van der Waals surface area contributed by atoms with Crippen molar-refractivity contribution in [2.24, 2.45) is 5.92 Å². The molecule has 0 unspecified atom stereocenters. The highest BCUT2D eigenvalue weighted by Gasteiger charge is 2.34. The fourth-order valence-corrected chi connectivity index (χ4v) is 4.11. The van der Waals surface area contributed by atoms with Crippen molar-refractivity contribution in [3.8, 4) is 17.0 Å². The van der Waals surface area contributed by atoms with Gasteiger partial charge in [-0.15, -0.1) is 0 Å². The van der Waals surface area contributed by atoms with E-state index in [9.17, 15) is 14.7 Å². The van der Waals surface area contributed by atoms with Gasteiger partial charge >= 0.3 is 0 Å². The molecule has 3 atom stereocenters. The number of amides is 2. The SMILES string of the molecule is C[C@@H]1CN([C@H](C)CO)C(=O)c2cc(-c3cncnc3)cnc2O[C@@H]1CN(C)C(=O)Cc1cccnc1. The van der Waals surface area contributed by atoms with Gasteiger partial charge in [0.25, 0.3) is 5.91 Å². The molecule has 36 heavy (non-hydrogen) atoms. The number of aliphatic hydroxyl groups excluding tert-OH is 1. The molecule has 0 radical (unpaired) electrons. The number of aromatic nitrogens is 4. The topological polar surface area (TPSA) is 122 Å². The van der Waals surface area contributed by atoms with Crippen molar-refractivity contribution in [3.05, 3.63) is 66.6 Å². The molecule has 4 heterocycles. The van der Waals surface area contributed by atoms with Crippen LogP contribution in [0.5, 0.6) is 5.88 Å². The minimum atomic E-state index is -0.425. The number of fused-ring (bicyclic) bond motifs is 1. The normalized spacial score (nSPS) is 18.4. The number of ether oxygens (including phenoxy) is 1. The predicted molar refractivity (Wildman–Crippen MR) is 132 cm³/mol. The summed E-state index contributed by atoms with van der Waals surface area (Å²) < 4.78 is 6.28. The van der Waals surface area contributed by atoms with Crippen molar-refractivity contribution in [1.29, 1.82) is 0 Å². The number of rotatable bonds is 7. The largest absolute Gasteiger partial charge is 0.472 e. The molecule has 10 nitrogen and oxygen atoms in total. The Morgan fingerprint density at radius 3 is 2.69 bits per heavy atom. The van der Waals surface area contributed by atoms with Crippen LogP contribution in [-0.4, -0.2) is 85.5 Å². The van der Waals surface area contributed by atoms with Crippen molar-refractivity contribution < 1.29 is 19.4 Å². The van der Waals surface area contributed by atoms with Crippen molar-refractivity contribution in [2.45, 2.75) is 32.4 Å². The van der Waals surface area contributed by atoms with Crippen molar-refractivity contribution in [1.82, 2.24) is 29.7 Å². The highest BCUT2D eigenvalue weighted by atomic mass is 16.5. The molecule has 4 rings (SSSR count). The molecule has 0 spiro atoms. The Balaban J connectivity index is 1.62. The van der Waals surface area contributed by atoms with Gasteiger partial charge in [-0.1, -0.05) is 13.0 Å². The van der Waals surface area contributed by atoms with Crippen LogP contribution in [-0.2, 0) is 11.2 Å². The molecule has 0 aromatic carbocycles. The van der Waals surface area contributed by atoms with Crippen LogP contribution in [0, 0.1) is 5.92 Å². The average molecular weight is 491 g/mol. The highest BCUT2D eigenvalue weighted by Crippen LogP contribution is 2.30. The van der Waals surface area contributed by atoms with Crippen LogP contribution in [0.15, 0.2) is 55.5 Å². The zero-order valence-electron chi connectivity index (χ0n) is 20.6. The Labute approximate surface area is 210 Å². The third-order valence-corrected chi connectivity index (χ3v) is 6.37. The van der Waals surface area contributed by atoms with Crippen molar-refractivity contribution in [2.75, 3.05) is 26.7 Å². The highest BCUT2D eigenvalue weighted by molar-refractivity contribution is 5.98. The summed E-state index contributed by atoms with van der Waals surface area (Å²) in [5.41, 5.74) is 2.52. The maximum absolute atomic E-state index is 13.6. The molecule has 2 amide bonds. The molecule has 1 aliphatic heterocycles. The first-order valence-corrected chi connectivity index (χ1v) is 11.8. The van der Waals surface area contributed by atoms with Gasteiger partial charge in [0.05, 0.1) is 25.6 Å². The van der Waals surface area contributed by atoms with Gasteiger partial charge in [0.2, 0.25) is 11.8 Å². The van der Waals surface area contributed by atoms with Crippen LogP contribution in [0.25, 0.3) is 11.1 Å². The van der Waals surface area contributed by atoms with Gasteiger partial charge < -0.3 is 19.6 Å². The zero-order valence-corrected chi connectivity index (χ0v) is 20.6. The van der Waals surface area contributed by atoms with Gasteiger partial charge in [-0.25, -0.2) is 15.0 Å². The fourth-order valence-electron chi connectivity index (χ4n) is 4.11. The third kappa shape index (κ3) is 5.65. The molecule has 0 saturated heterocycles. The van der Waals surface area contributed by atoms with Gasteiger partial charge in [0.15, 0.2) is 0 Å². The van der Waals surface area contributed by atoms with Gasteiger partial charge in [-0.05, 0) is 24.6 Å². The molecule has 1 aliphatic rings. The van der Waals surface area contributed by atoms with E-state index in [2.05, 4.69) is 19.9 Å². The van der Waals surface area contributed by atoms with Crippen LogP contribution >= 0.6 is 0 Å². The summed E-state index contributed by atoms with van der Waals surface area (Å²) in [5.74, 6) is -0.275. The molecule has 188 valence electrons. The smallest absolute Gasteiger partial charge is 0.259 e. The lowest BCUT2D eigenvalue weighted by Gasteiger charge is -2.37. The Kier molecular flexibility index (Phi) is 7.84. The van der Waals surface area contributed by atoms with E-state index in [4.69, 9.17) is 4.74 Å². The predicted octanol–water partition coefficient (Wildman–Crippen LogP) is 1.85. The quantitative estimate of drug-likeness (QED) is 0.533.